The lowest BCUT2D eigenvalue weighted by Crippen LogP contribution is -2.36. The second-order valence-corrected chi connectivity index (χ2v) is 4.72. The third-order valence-corrected chi connectivity index (χ3v) is 2.78. The largest absolute Gasteiger partial charge is 0.480 e. The Bertz CT molecular complexity index is 469. The quantitative estimate of drug-likeness (QED) is 0.909. The molecule has 0 fully saturated rings. The van der Waals surface area contributed by atoms with Gasteiger partial charge >= 0.3 is 0 Å². The number of nitrogens with one attached hydrogen (secondary N) is 1. The van der Waals surface area contributed by atoms with Crippen LogP contribution in [0.3, 0.4) is 0 Å². The maximum absolute atomic E-state index is 11.6. The standard InChI is InChI=1S/C13H15BrN2O2/c1-3-6-16-13(17)9(2)18-12-5-4-11(14)7-10(12)8-15/h4-5,7,9H,3,6H2,1-2H3,(H,16,17). The number of carbonyl (C=O) groups excluding carboxylic acids is 1. The first-order valence-corrected chi connectivity index (χ1v) is 6.51. The highest BCUT2D eigenvalue weighted by molar-refractivity contribution is 9.10. The molecule has 5 heteroatoms. The van der Waals surface area contributed by atoms with Crippen molar-refractivity contribution in [3.8, 4) is 11.8 Å². The molecule has 1 unspecified atom stereocenters. The maximum Gasteiger partial charge on any atom is 0.260 e. The van der Waals surface area contributed by atoms with Crippen LogP contribution in [-0.4, -0.2) is 18.6 Å². The van der Waals surface area contributed by atoms with Crippen LogP contribution in [0.2, 0.25) is 0 Å². The molecule has 0 aliphatic heterocycles. The first kappa shape index (κ1) is 14.5. The molecule has 4 nitrogen and oxygen atoms in total. The van der Waals surface area contributed by atoms with Crippen molar-refractivity contribution in [1.82, 2.24) is 5.32 Å². The van der Waals surface area contributed by atoms with Gasteiger partial charge in [0.15, 0.2) is 6.10 Å². The van der Waals surface area contributed by atoms with Crippen molar-refractivity contribution in [1.29, 1.82) is 5.26 Å². The van der Waals surface area contributed by atoms with Crippen molar-refractivity contribution in [2.75, 3.05) is 6.54 Å². The van der Waals surface area contributed by atoms with E-state index in [1.807, 2.05) is 13.0 Å². The van der Waals surface area contributed by atoms with Crippen LogP contribution in [-0.2, 0) is 4.79 Å². The third kappa shape index (κ3) is 4.04. The smallest absolute Gasteiger partial charge is 0.260 e. The van der Waals surface area contributed by atoms with E-state index in [9.17, 15) is 4.79 Å². The molecule has 18 heavy (non-hydrogen) atoms. The summed E-state index contributed by atoms with van der Waals surface area (Å²) in [6.07, 6.45) is 0.255. The SMILES string of the molecule is CCCNC(=O)C(C)Oc1ccc(Br)cc1C#N. The molecule has 0 spiro atoms. The van der Waals surface area contributed by atoms with Gasteiger partial charge in [0.25, 0.3) is 5.91 Å². The van der Waals surface area contributed by atoms with Gasteiger partial charge in [-0.05, 0) is 31.5 Å². The molecule has 0 saturated heterocycles. The number of benzene rings is 1. The van der Waals surface area contributed by atoms with E-state index in [2.05, 4.69) is 21.2 Å². The van der Waals surface area contributed by atoms with Crippen LogP contribution in [0.25, 0.3) is 0 Å². The molecule has 0 saturated carbocycles. The molecule has 0 bridgehead atoms. The van der Waals surface area contributed by atoms with Crippen LogP contribution in [0.15, 0.2) is 22.7 Å². The summed E-state index contributed by atoms with van der Waals surface area (Å²) in [5, 5.41) is 11.7. The van der Waals surface area contributed by atoms with Gasteiger partial charge in [0.05, 0.1) is 5.56 Å². The highest BCUT2D eigenvalue weighted by atomic mass is 79.9. The highest BCUT2D eigenvalue weighted by Gasteiger charge is 2.15. The molecule has 96 valence electrons. The van der Waals surface area contributed by atoms with Crippen molar-refractivity contribution in [2.24, 2.45) is 0 Å². The Labute approximate surface area is 115 Å². The van der Waals surface area contributed by atoms with E-state index in [4.69, 9.17) is 10.00 Å². The molecule has 1 aromatic rings. The summed E-state index contributed by atoms with van der Waals surface area (Å²) in [6, 6.07) is 7.14. The molecule has 0 aliphatic carbocycles. The van der Waals surface area contributed by atoms with Crippen molar-refractivity contribution in [3.05, 3.63) is 28.2 Å². The van der Waals surface area contributed by atoms with Gasteiger partial charge in [-0.1, -0.05) is 22.9 Å². The summed E-state index contributed by atoms with van der Waals surface area (Å²) in [7, 11) is 0. The monoisotopic (exact) mass is 310 g/mol. The van der Waals surface area contributed by atoms with Crippen LogP contribution in [0.4, 0.5) is 0 Å². The molecule has 0 radical (unpaired) electrons. The van der Waals surface area contributed by atoms with Crippen molar-refractivity contribution >= 4 is 21.8 Å². The summed E-state index contributed by atoms with van der Waals surface area (Å²) in [5.41, 5.74) is 0.402. The third-order valence-electron chi connectivity index (χ3n) is 2.28. The number of halogens is 1. The molecule has 0 aliphatic rings. The van der Waals surface area contributed by atoms with Gasteiger partial charge in [0, 0.05) is 11.0 Å². The van der Waals surface area contributed by atoms with Crippen molar-refractivity contribution < 1.29 is 9.53 Å². The second-order valence-electron chi connectivity index (χ2n) is 3.80. The minimum Gasteiger partial charge on any atom is -0.480 e. The van der Waals surface area contributed by atoms with E-state index in [1.54, 1.807) is 25.1 Å². The van der Waals surface area contributed by atoms with Gasteiger partial charge in [0.1, 0.15) is 11.8 Å². The van der Waals surface area contributed by atoms with E-state index in [0.717, 1.165) is 10.9 Å². The average molecular weight is 311 g/mol. The molecule has 1 atom stereocenters. The maximum atomic E-state index is 11.6. The molecular formula is C13H15BrN2O2. The number of nitriles is 1. The molecular weight excluding hydrogens is 296 g/mol. The zero-order valence-corrected chi connectivity index (χ0v) is 12.0. The predicted octanol–water partition coefficient (Wildman–Crippen LogP) is 2.61. The van der Waals surface area contributed by atoms with Gasteiger partial charge in [-0.2, -0.15) is 5.26 Å². The van der Waals surface area contributed by atoms with Crippen LogP contribution < -0.4 is 10.1 Å². The number of hydrogen-bond acceptors (Lipinski definition) is 3. The van der Waals surface area contributed by atoms with Gasteiger partial charge < -0.3 is 10.1 Å². The first-order valence-electron chi connectivity index (χ1n) is 5.72. The number of nitrogens with zero attached hydrogens (tertiary/aromatic N) is 1. The Balaban J connectivity index is 2.73. The fraction of sp³-hybridized carbons (Fsp3) is 0.385. The Morgan fingerprint density at radius 3 is 2.94 bits per heavy atom. The number of amides is 1. The van der Waals surface area contributed by atoms with Crippen molar-refractivity contribution in [3.63, 3.8) is 0 Å². The Kier molecular flexibility index (Phi) is 5.66. The van der Waals surface area contributed by atoms with E-state index in [1.165, 1.54) is 0 Å². The number of rotatable bonds is 5. The molecule has 1 rings (SSSR count). The normalized spacial score (nSPS) is 11.4. The second kappa shape index (κ2) is 7.02. The Hall–Kier alpha value is -1.54. The Morgan fingerprint density at radius 2 is 2.33 bits per heavy atom. The van der Waals surface area contributed by atoms with Gasteiger partial charge in [-0.25, -0.2) is 0 Å². The summed E-state index contributed by atoms with van der Waals surface area (Å²) < 4.78 is 6.30. The summed E-state index contributed by atoms with van der Waals surface area (Å²) in [6.45, 7) is 4.26. The van der Waals surface area contributed by atoms with Crippen LogP contribution in [0.1, 0.15) is 25.8 Å². The topological polar surface area (TPSA) is 62.1 Å². The van der Waals surface area contributed by atoms with E-state index >= 15 is 0 Å². The lowest BCUT2D eigenvalue weighted by atomic mass is 10.2. The molecule has 1 amide bonds. The van der Waals surface area contributed by atoms with Gasteiger partial charge in [-0.3, -0.25) is 4.79 Å². The molecule has 1 aromatic carbocycles. The van der Waals surface area contributed by atoms with Crippen molar-refractivity contribution in [2.45, 2.75) is 26.4 Å². The predicted molar refractivity (Wildman–Crippen MR) is 72.2 cm³/mol. The highest BCUT2D eigenvalue weighted by Crippen LogP contribution is 2.23. The molecule has 0 aromatic heterocycles. The molecule has 0 heterocycles. The van der Waals surface area contributed by atoms with Gasteiger partial charge in [0.2, 0.25) is 0 Å². The molecule has 1 N–H and O–H groups in total. The first-order chi connectivity index (χ1) is 8.58. The fourth-order valence-electron chi connectivity index (χ4n) is 1.33. The minimum absolute atomic E-state index is 0.177. The van der Waals surface area contributed by atoms with Crippen LogP contribution in [0.5, 0.6) is 5.75 Å². The number of carbonyl (C=O) groups is 1. The van der Waals surface area contributed by atoms with E-state index in [-0.39, 0.29) is 5.91 Å². The zero-order chi connectivity index (χ0) is 13.5. The fourth-order valence-corrected chi connectivity index (χ4v) is 1.69. The lowest BCUT2D eigenvalue weighted by molar-refractivity contribution is -0.127. The summed E-state index contributed by atoms with van der Waals surface area (Å²) >= 11 is 3.28. The Morgan fingerprint density at radius 1 is 1.61 bits per heavy atom. The van der Waals surface area contributed by atoms with Gasteiger partial charge in [-0.15, -0.1) is 0 Å². The average Bonchev–Trinajstić information content (AvgIpc) is 2.37. The minimum atomic E-state index is -0.621. The van der Waals surface area contributed by atoms with Crippen LogP contribution >= 0.6 is 15.9 Å². The van der Waals surface area contributed by atoms with E-state index in [0.29, 0.717) is 17.9 Å². The summed E-state index contributed by atoms with van der Waals surface area (Å²) in [4.78, 5) is 11.6. The zero-order valence-electron chi connectivity index (χ0n) is 10.4. The number of hydrogen-bond donors (Lipinski definition) is 1. The van der Waals surface area contributed by atoms with E-state index < -0.39 is 6.10 Å². The summed E-state index contributed by atoms with van der Waals surface area (Å²) in [5.74, 6) is 0.239. The number of ether oxygens (including phenoxy) is 1. The van der Waals surface area contributed by atoms with Crippen LogP contribution in [0, 0.1) is 11.3 Å². The lowest BCUT2D eigenvalue weighted by Gasteiger charge is -2.15.